The van der Waals surface area contributed by atoms with Crippen LogP contribution in [-0.4, -0.2) is 5.75 Å². The van der Waals surface area contributed by atoms with Crippen molar-refractivity contribution in [2.24, 2.45) is 0 Å². The largest absolute Gasteiger partial charge is 0.126 e. The van der Waals surface area contributed by atoms with E-state index in [-0.39, 0.29) is 0 Å². The van der Waals surface area contributed by atoms with E-state index in [4.69, 9.17) is 0 Å². The van der Waals surface area contributed by atoms with Crippen LogP contribution in [-0.2, 0) is 0 Å². The maximum absolute atomic E-state index is 3.85. The van der Waals surface area contributed by atoms with Crippen LogP contribution < -0.4 is 0 Å². The summed E-state index contributed by atoms with van der Waals surface area (Å²) >= 11 is 1.92. The Hall–Kier alpha value is -0.950. The quantitative estimate of drug-likeness (QED) is 0.532. The molecular weight excluding hydrogens is 200 g/mol. The molecule has 1 radical (unpaired) electrons. The van der Waals surface area contributed by atoms with Crippen LogP contribution in [0.15, 0.2) is 47.4 Å². The minimum absolute atomic E-state index is 1.03. The summed E-state index contributed by atoms with van der Waals surface area (Å²) in [5, 5.41) is 2.65. The molecule has 0 saturated carbocycles. The van der Waals surface area contributed by atoms with E-state index in [1.165, 1.54) is 27.8 Å². The Labute approximate surface area is 95.7 Å². The third-order valence-electron chi connectivity index (χ3n) is 2.38. The topological polar surface area (TPSA) is 0 Å². The van der Waals surface area contributed by atoms with Gasteiger partial charge in [0.15, 0.2) is 0 Å². The van der Waals surface area contributed by atoms with Gasteiger partial charge < -0.3 is 0 Å². The van der Waals surface area contributed by atoms with E-state index < -0.39 is 0 Å². The van der Waals surface area contributed by atoms with Gasteiger partial charge in [0, 0.05) is 4.90 Å². The van der Waals surface area contributed by atoms with Crippen molar-refractivity contribution in [3.63, 3.8) is 0 Å². The Bertz CT molecular complexity index is 434. The second kappa shape index (κ2) is 5.22. The summed E-state index contributed by atoms with van der Waals surface area (Å²) in [4.78, 5) is 1.36. The molecular formula is C14H15S. The lowest BCUT2D eigenvalue weighted by molar-refractivity contribution is 0.969. The molecule has 0 atom stereocenters. The van der Waals surface area contributed by atoms with Crippen molar-refractivity contribution in [3.05, 3.63) is 49.4 Å². The van der Waals surface area contributed by atoms with Crippen molar-refractivity contribution in [2.45, 2.75) is 17.7 Å². The van der Waals surface area contributed by atoms with Crippen molar-refractivity contribution in [3.8, 4) is 0 Å². The van der Waals surface area contributed by atoms with E-state index in [0.29, 0.717) is 0 Å². The van der Waals surface area contributed by atoms with E-state index in [1.54, 1.807) is 0 Å². The van der Waals surface area contributed by atoms with Crippen molar-refractivity contribution in [1.29, 1.82) is 0 Å². The fourth-order valence-corrected chi connectivity index (χ4v) is 2.51. The Morgan fingerprint density at radius 1 is 1.00 bits per heavy atom. The molecule has 0 aliphatic heterocycles. The van der Waals surface area contributed by atoms with Gasteiger partial charge in [0.1, 0.15) is 0 Å². The Morgan fingerprint density at radius 2 is 1.80 bits per heavy atom. The molecule has 1 heteroatoms. The van der Waals surface area contributed by atoms with Crippen molar-refractivity contribution < 1.29 is 0 Å². The fourth-order valence-electron chi connectivity index (χ4n) is 1.55. The minimum Gasteiger partial charge on any atom is -0.126 e. The molecule has 2 rings (SSSR count). The average molecular weight is 215 g/mol. The molecule has 2 aromatic carbocycles. The molecule has 0 nitrogen and oxygen atoms in total. The third kappa shape index (κ3) is 2.75. The summed E-state index contributed by atoms with van der Waals surface area (Å²) < 4.78 is 0. The predicted octanol–water partition coefficient (Wildman–Crippen LogP) is 4.55. The van der Waals surface area contributed by atoms with Crippen molar-refractivity contribution >= 4 is 22.5 Å². The lowest BCUT2D eigenvalue weighted by Crippen LogP contribution is -1.79. The second-order valence-electron chi connectivity index (χ2n) is 3.56. The third-order valence-corrected chi connectivity index (χ3v) is 3.46. The monoisotopic (exact) mass is 215 g/mol. The van der Waals surface area contributed by atoms with Gasteiger partial charge in [-0.3, -0.25) is 0 Å². The normalized spacial score (nSPS) is 10.7. The van der Waals surface area contributed by atoms with E-state index in [0.717, 1.165) is 6.42 Å². The highest BCUT2D eigenvalue weighted by Crippen LogP contribution is 2.24. The van der Waals surface area contributed by atoms with Gasteiger partial charge in [-0.1, -0.05) is 43.7 Å². The van der Waals surface area contributed by atoms with E-state index in [2.05, 4.69) is 49.4 Å². The molecule has 2 aromatic rings. The molecule has 0 aromatic heterocycles. The van der Waals surface area contributed by atoms with Gasteiger partial charge in [0.25, 0.3) is 0 Å². The van der Waals surface area contributed by atoms with Gasteiger partial charge in [-0.25, -0.2) is 0 Å². The van der Waals surface area contributed by atoms with Crippen LogP contribution in [0.1, 0.15) is 12.8 Å². The zero-order valence-electron chi connectivity index (χ0n) is 8.78. The molecule has 0 amide bonds. The zero-order chi connectivity index (χ0) is 10.5. The molecule has 0 saturated heterocycles. The lowest BCUT2D eigenvalue weighted by Gasteiger charge is -2.02. The van der Waals surface area contributed by atoms with Gasteiger partial charge in [-0.2, -0.15) is 0 Å². The summed E-state index contributed by atoms with van der Waals surface area (Å²) in [6, 6.07) is 15.2. The smallest absolute Gasteiger partial charge is 0.00783 e. The van der Waals surface area contributed by atoms with Crippen LogP contribution in [0, 0.1) is 6.92 Å². The first-order chi connectivity index (χ1) is 7.40. The van der Waals surface area contributed by atoms with E-state index in [9.17, 15) is 0 Å². The fraction of sp³-hybridized carbons (Fsp3) is 0.214. The summed E-state index contributed by atoms with van der Waals surface area (Å²) in [5.74, 6) is 1.17. The first-order valence-corrected chi connectivity index (χ1v) is 6.29. The number of hydrogen-bond donors (Lipinski definition) is 0. The number of fused-ring (bicyclic) bond motifs is 1. The standard InChI is InChI=1S/C14H15S/c1-2-3-10-15-14-9-8-12-6-4-5-7-13(12)11-14/h4-9,11H,1-3,10H2. The molecule has 77 valence electrons. The Morgan fingerprint density at radius 3 is 2.60 bits per heavy atom. The Balaban J connectivity index is 2.16. The van der Waals surface area contributed by atoms with Crippen LogP contribution in [0.4, 0.5) is 0 Å². The molecule has 0 unspecified atom stereocenters. The highest BCUT2D eigenvalue weighted by molar-refractivity contribution is 7.99. The SMILES string of the molecule is [CH2]CCCSc1ccc2ccccc2c1. The maximum Gasteiger partial charge on any atom is 0.00783 e. The van der Waals surface area contributed by atoms with Crippen LogP contribution in [0.5, 0.6) is 0 Å². The molecule has 0 N–H and O–H groups in total. The number of benzene rings is 2. The molecule has 0 bridgehead atoms. The van der Waals surface area contributed by atoms with E-state index in [1.807, 2.05) is 11.8 Å². The van der Waals surface area contributed by atoms with Gasteiger partial charge in [0.2, 0.25) is 0 Å². The van der Waals surface area contributed by atoms with Gasteiger partial charge in [0.05, 0.1) is 0 Å². The van der Waals surface area contributed by atoms with Gasteiger partial charge in [-0.05, 0) is 35.1 Å². The lowest BCUT2D eigenvalue weighted by atomic mass is 10.1. The number of rotatable bonds is 4. The predicted molar refractivity (Wildman–Crippen MR) is 69.3 cm³/mol. The number of unbranched alkanes of at least 4 members (excludes halogenated alkanes) is 1. The molecule has 15 heavy (non-hydrogen) atoms. The summed E-state index contributed by atoms with van der Waals surface area (Å²) in [6.07, 6.45) is 2.22. The van der Waals surface area contributed by atoms with Gasteiger partial charge >= 0.3 is 0 Å². The Kier molecular flexibility index (Phi) is 3.68. The van der Waals surface area contributed by atoms with Crippen LogP contribution in [0.25, 0.3) is 10.8 Å². The molecule has 0 heterocycles. The highest BCUT2D eigenvalue weighted by atomic mass is 32.2. The minimum atomic E-state index is 1.03. The summed E-state index contributed by atoms with van der Waals surface area (Å²) in [5.41, 5.74) is 0. The summed E-state index contributed by atoms with van der Waals surface area (Å²) in [6.45, 7) is 3.85. The summed E-state index contributed by atoms with van der Waals surface area (Å²) in [7, 11) is 0. The first kappa shape index (κ1) is 10.6. The highest BCUT2D eigenvalue weighted by Gasteiger charge is 1.96. The van der Waals surface area contributed by atoms with Crippen molar-refractivity contribution in [1.82, 2.24) is 0 Å². The number of thioether (sulfide) groups is 1. The van der Waals surface area contributed by atoms with Crippen LogP contribution >= 0.6 is 11.8 Å². The zero-order valence-corrected chi connectivity index (χ0v) is 9.59. The molecule has 0 aliphatic rings. The molecule has 0 spiro atoms. The maximum atomic E-state index is 3.85. The second-order valence-corrected chi connectivity index (χ2v) is 4.73. The van der Waals surface area contributed by atoms with Crippen LogP contribution in [0.3, 0.4) is 0 Å². The van der Waals surface area contributed by atoms with Crippen LogP contribution in [0.2, 0.25) is 0 Å². The average Bonchev–Trinajstić information content (AvgIpc) is 2.29. The first-order valence-electron chi connectivity index (χ1n) is 5.31. The number of hydrogen-bond acceptors (Lipinski definition) is 1. The van der Waals surface area contributed by atoms with E-state index >= 15 is 0 Å². The van der Waals surface area contributed by atoms with Crippen molar-refractivity contribution in [2.75, 3.05) is 5.75 Å². The molecule has 0 aliphatic carbocycles. The molecule has 0 fully saturated rings. The van der Waals surface area contributed by atoms with Gasteiger partial charge in [-0.15, -0.1) is 11.8 Å².